The third-order valence-corrected chi connectivity index (χ3v) is 9.61. The van der Waals surface area contributed by atoms with Crippen molar-refractivity contribution in [3.05, 3.63) is 83.1 Å². The van der Waals surface area contributed by atoms with Crippen LogP contribution >= 0.6 is 0 Å². The molecule has 8 heteroatoms. The third kappa shape index (κ3) is 18.9. The van der Waals surface area contributed by atoms with E-state index in [-0.39, 0.29) is 48.3 Å². The van der Waals surface area contributed by atoms with Gasteiger partial charge < -0.3 is 29.9 Å². The van der Waals surface area contributed by atoms with E-state index in [1.807, 2.05) is 51.2 Å². The number of hydrogen-bond donors (Lipinski definition) is 4. The lowest BCUT2D eigenvalue weighted by atomic mass is 9.90. The zero-order valence-electron chi connectivity index (χ0n) is 32.2. The molecule has 1 aliphatic carbocycles. The van der Waals surface area contributed by atoms with Gasteiger partial charge in [0.15, 0.2) is 0 Å². The normalized spacial score (nSPS) is 26.5. The van der Waals surface area contributed by atoms with Crippen molar-refractivity contribution in [3.8, 4) is 0 Å². The third-order valence-electron chi connectivity index (χ3n) is 9.61. The number of carbonyl (C=O) groups excluding carboxylic acids is 2. The summed E-state index contributed by atoms with van der Waals surface area (Å²) in [5.74, 6) is -0.524. The van der Waals surface area contributed by atoms with Crippen LogP contribution in [0.5, 0.6) is 0 Å². The SMILES string of the molecule is CC(/C=C/C=C1C=C(/C=C/C(=O)OC2CCCC(=O)OC(C(C)C/C(C)=C/C(C)C(O)CC(C)O)C/C=C\CC2C)CC/1)=C\CC(O)CC(C)O. The summed E-state index contributed by atoms with van der Waals surface area (Å²) in [4.78, 5) is 25.7. The minimum Gasteiger partial charge on any atom is -0.462 e. The summed E-state index contributed by atoms with van der Waals surface area (Å²) >= 11 is 0. The molecule has 9 unspecified atom stereocenters. The highest BCUT2D eigenvalue weighted by Crippen LogP contribution is 2.27. The van der Waals surface area contributed by atoms with Crippen molar-refractivity contribution >= 4 is 11.9 Å². The molecule has 51 heavy (non-hydrogen) atoms. The van der Waals surface area contributed by atoms with E-state index in [9.17, 15) is 30.0 Å². The van der Waals surface area contributed by atoms with E-state index in [1.165, 1.54) is 11.6 Å². The largest absolute Gasteiger partial charge is 0.462 e. The molecule has 0 aromatic carbocycles. The lowest BCUT2D eigenvalue weighted by Gasteiger charge is -2.26. The summed E-state index contributed by atoms with van der Waals surface area (Å²) in [6, 6.07) is 0. The minimum absolute atomic E-state index is 0.0820. The fourth-order valence-corrected chi connectivity index (χ4v) is 6.56. The topological polar surface area (TPSA) is 134 Å². The molecule has 1 aliphatic heterocycles. The van der Waals surface area contributed by atoms with Crippen molar-refractivity contribution in [3.63, 3.8) is 0 Å². The van der Waals surface area contributed by atoms with E-state index in [0.29, 0.717) is 38.5 Å². The van der Waals surface area contributed by atoms with Gasteiger partial charge in [-0.3, -0.25) is 4.79 Å². The van der Waals surface area contributed by atoms with Crippen molar-refractivity contribution in [1.82, 2.24) is 0 Å². The molecule has 0 fully saturated rings. The van der Waals surface area contributed by atoms with Crippen LogP contribution in [0.3, 0.4) is 0 Å². The van der Waals surface area contributed by atoms with Gasteiger partial charge in [0, 0.05) is 24.8 Å². The molecule has 1 heterocycles. The van der Waals surface area contributed by atoms with E-state index in [4.69, 9.17) is 9.47 Å². The Kier molecular flexibility index (Phi) is 20.3. The summed E-state index contributed by atoms with van der Waals surface area (Å²) in [7, 11) is 0. The van der Waals surface area contributed by atoms with Crippen LogP contribution in [-0.4, -0.2) is 69.0 Å². The van der Waals surface area contributed by atoms with Crippen molar-refractivity contribution in [2.75, 3.05) is 0 Å². The van der Waals surface area contributed by atoms with Crippen LogP contribution in [-0.2, 0) is 19.1 Å². The van der Waals surface area contributed by atoms with Gasteiger partial charge in [-0.15, -0.1) is 0 Å². The quantitative estimate of drug-likeness (QED) is 0.0550. The Balaban J connectivity index is 1.92. The maximum absolute atomic E-state index is 12.9. The van der Waals surface area contributed by atoms with Crippen molar-refractivity contribution in [2.24, 2.45) is 17.8 Å². The molecule has 2 aliphatic rings. The lowest BCUT2D eigenvalue weighted by molar-refractivity contribution is -0.151. The number of hydrogen-bond acceptors (Lipinski definition) is 8. The van der Waals surface area contributed by atoms with Gasteiger partial charge >= 0.3 is 11.9 Å². The highest BCUT2D eigenvalue weighted by molar-refractivity contribution is 5.82. The maximum Gasteiger partial charge on any atom is 0.331 e. The van der Waals surface area contributed by atoms with Crippen LogP contribution in [0.2, 0.25) is 0 Å². The first-order valence-corrected chi connectivity index (χ1v) is 19.0. The second kappa shape index (κ2) is 23.5. The molecule has 8 nitrogen and oxygen atoms in total. The Labute approximate surface area is 307 Å². The number of allylic oxidation sites excluding steroid dienone is 10. The van der Waals surface area contributed by atoms with Crippen molar-refractivity contribution < 1.29 is 39.5 Å². The number of cyclic esters (lactones) is 1. The summed E-state index contributed by atoms with van der Waals surface area (Å²) < 4.78 is 11.9. The number of rotatable bonds is 16. The van der Waals surface area contributed by atoms with Gasteiger partial charge in [-0.1, -0.05) is 86.6 Å². The van der Waals surface area contributed by atoms with Gasteiger partial charge in [-0.05, 0) is 108 Å². The Morgan fingerprint density at radius 1 is 0.980 bits per heavy atom. The molecule has 0 amide bonds. The lowest BCUT2D eigenvalue weighted by Crippen LogP contribution is -2.27. The summed E-state index contributed by atoms with van der Waals surface area (Å²) in [5.41, 5.74) is 4.40. The maximum atomic E-state index is 12.9. The van der Waals surface area contributed by atoms with Crippen LogP contribution in [0.4, 0.5) is 0 Å². The van der Waals surface area contributed by atoms with Crippen LogP contribution < -0.4 is 0 Å². The second-order valence-electron chi connectivity index (χ2n) is 15.1. The van der Waals surface area contributed by atoms with Crippen molar-refractivity contribution in [2.45, 2.75) is 156 Å². The first-order chi connectivity index (χ1) is 24.1. The predicted molar refractivity (Wildman–Crippen MR) is 205 cm³/mol. The van der Waals surface area contributed by atoms with Gasteiger partial charge in [0.2, 0.25) is 0 Å². The van der Waals surface area contributed by atoms with E-state index in [1.54, 1.807) is 13.8 Å². The zero-order chi connectivity index (χ0) is 37.9. The number of aliphatic hydroxyl groups is 4. The Hall–Kier alpha value is -3.04. The molecule has 2 rings (SSSR count). The molecule has 9 atom stereocenters. The Bertz CT molecular complexity index is 1300. The highest BCUT2D eigenvalue weighted by atomic mass is 16.5. The molecule has 0 aromatic heterocycles. The first kappa shape index (κ1) is 44.1. The predicted octanol–water partition coefficient (Wildman–Crippen LogP) is 7.93. The summed E-state index contributed by atoms with van der Waals surface area (Å²) in [5, 5.41) is 39.3. The van der Waals surface area contributed by atoms with Crippen LogP contribution in [0.25, 0.3) is 0 Å². The van der Waals surface area contributed by atoms with E-state index >= 15 is 0 Å². The minimum atomic E-state index is -0.609. The summed E-state index contributed by atoms with van der Waals surface area (Å²) in [6.07, 6.45) is 23.3. The second-order valence-corrected chi connectivity index (χ2v) is 15.1. The molecule has 0 saturated carbocycles. The van der Waals surface area contributed by atoms with E-state index < -0.39 is 24.4 Å². The fraction of sp³-hybridized carbons (Fsp3) is 0.628. The van der Waals surface area contributed by atoms with Crippen LogP contribution in [0.1, 0.15) is 119 Å². The van der Waals surface area contributed by atoms with Gasteiger partial charge in [0.1, 0.15) is 12.2 Å². The number of carbonyl (C=O) groups is 2. The molecule has 4 N–H and O–H groups in total. The average molecular weight is 711 g/mol. The molecular formula is C43H66O8. The zero-order valence-corrected chi connectivity index (χ0v) is 32.2. The molecule has 0 spiro atoms. The van der Waals surface area contributed by atoms with Gasteiger partial charge in [-0.25, -0.2) is 4.79 Å². The van der Waals surface area contributed by atoms with Crippen LogP contribution in [0, 0.1) is 17.8 Å². The monoisotopic (exact) mass is 710 g/mol. The summed E-state index contributed by atoms with van der Waals surface area (Å²) in [6.45, 7) is 13.5. The fourth-order valence-electron chi connectivity index (χ4n) is 6.56. The van der Waals surface area contributed by atoms with E-state index in [0.717, 1.165) is 42.4 Å². The first-order valence-electron chi connectivity index (χ1n) is 19.0. The Morgan fingerprint density at radius 3 is 2.39 bits per heavy atom. The molecule has 286 valence electrons. The smallest absolute Gasteiger partial charge is 0.331 e. The van der Waals surface area contributed by atoms with Gasteiger partial charge in [0.05, 0.1) is 24.4 Å². The molecule has 0 radical (unpaired) electrons. The van der Waals surface area contributed by atoms with Crippen LogP contribution in [0.15, 0.2) is 83.1 Å². The van der Waals surface area contributed by atoms with E-state index in [2.05, 4.69) is 38.2 Å². The standard InChI is InChI=1S/C43H66O8/c1-29(18-22-38(46)26-34(6)44)12-10-14-36-19-20-37(28-36)21-23-43(49)50-40-16-11-17-42(48)51-41(15-9-8-13-31(40)3)33(5)25-30(2)24-32(4)39(47)27-35(7)45/h8-10,12,14,18,21,23-24,28,31-35,38-41,44-47H,11,13,15-17,19-20,22,25-27H2,1-7H3/b9-8-,12-10+,23-21+,29-18+,30-24+,36-14+. The number of aliphatic hydroxyl groups excluding tert-OH is 4. The number of ether oxygens (including phenoxy) is 2. The molecule has 0 aromatic rings. The molecule has 0 saturated heterocycles. The van der Waals surface area contributed by atoms with Gasteiger partial charge in [-0.2, -0.15) is 0 Å². The molecular weight excluding hydrogens is 644 g/mol. The Morgan fingerprint density at radius 2 is 1.69 bits per heavy atom. The molecule has 0 bridgehead atoms. The van der Waals surface area contributed by atoms with Crippen molar-refractivity contribution in [1.29, 1.82) is 0 Å². The highest BCUT2D eigenvalue weighted by Gasteiger charge is 2.25. The average Bonchev–Trinajstić information content (AvgIpc) is 3.49. The van der Waals surface area contributed by atoms with Gasteiger partial charge in [0.25, 0.3) is 0 Å². The number of esters is 2.